The largest absolute Gasteiger partial charge is 0.322 e. The van der Waals surface area contributed by atoms with Crippen molar-refractivity contribution >= 4 is 46.6 Å². The van der Waals surface area contributed by atoms with E-state index < -0.39 is 10.8 Å². The third kappa shape index (κ3) is 4.31. The average Bonchev–Trinajstić information content (AvgIpc) is 2.46. The normalized spacial score (nSPS) is 10.6. The summed E-state index contributed by atoms with van der Waals surface area (Å²) >= 11 is 11.8. The van der Waals surface area contributed by atoms with Gasteiger partial charge in [-0.2, -0.15) is 0 Å². The van der Waals surface area contributed by atoms with Crippen LogP contribution in [0.15, 0.2) is 48.5 Å². The van der Waals surface area contributed by atoms with E-state index in [1.807, 2.05) is 0 Å². The predicted molar refractivity (Wildman–Crippen MR) is 87.2 cm³/mol. The van der Waals surface area contributed by atoms with Gasteiger partial charge in [0.25, 0.3) is 5.69 Å². The Morgan fingerprint density at radius 1 is 1.18 bits per heavy atom. The molecule has 1 amide bonds. The van der Waals surface area contributed by atoms with E-state index in [4.69, 9.17) is 23.2 Å². The van der Waals surface area contributed by atoms with Crippen molar-refractivity contribution in [2.45, 2.75) is 0 Å². The fourth-order valence-electron chi connectivity index (χ4n) is 1.68. The number of carbonyl (C=O) groups is 1. The summed E-state index contributed by atoms with van der Waals surface area (Å²) in [5.41, 5.74) is 0.883. The van der Waals surface area contributed by atoms with Crippen LogP contribution < -0.4 is 5.32 Å². The lowest BCUT2D eigenvalue weighted by molar-refractivity contribution is -0.384. The molecule has 2 aromatic rings. The van der Waals surface area contributed by atoms with E-state index in [0.717, 1.165) is 0 Å². The Kier molecular flexibility index (Phi) is 5.14. The first-order valence-corrected chi connectivity index (χ1v) is 6.90. The maximum atomic E-state index is 11.8. The number of halogens is 2. The number of non-ortho nitro benzene ring substituents is 1. The molecule has 0 radical (unpaired) electrons. The SMILES string of the molecule is O=C(/C=C/c1ccc(Cl)cc1Cl)Nc1cccc([N+](=O)[O-])c1. The number of anilines is 1. The molecule has 0 fully saturated rings. The van der Waals surface area contributed by atoms with Crippen LogP contribution in [0.1, 0.15) is 5.56 Å². The van der Waals surface area contributed by atoms with E-state index >= 15 is 0 Å². The standard InChI is InChI=1S/C15H10Cl2N2O3/c16-11-6-4-10(14(17)8-11)5-7-15(20)18-12-2-1-3-13(9-12)19(21)22/h1-9H,(H,18,20)/b7-5+. The highest BCUT2D eigenvalue weighted by atomic mass is 35.5. The maximum Gasteiger partial charge on any atom is 0.271 e. The van der Waals surface area contributed by atoms with Crippen LogP contribution in [0.25, 0.3) is 6.08 Å². The maximum absolute atomic E-state index is 11.8. The minimum atomic E-state index is -0.529. The van der Waals surface area contributed by atoms with E-state index in [2.05, 4.69) is 5.32 Å². The lowest BCUT2D eigenvalue weighted by atomic mass is 10.2. The molecule has 0 spiro atoms. The van der Waals surface area contributed by atoms with E-state index in [1.54, 1.807) is 24.3 Å². The molecule has 0 saturated heterocycles. The second kappa shape index (κ2) is 7.06. The monoisotopic (exact) mass is 336 g/mol. The zero-order chi connectivity index (χ0) is 16.1. The van der Waals surface area contributed by atoms with Crippen molar-refractivity contribution in [1.82, 2.24) is 0 Å². The summed E-state index contributed by atoms with van der Waals surface area (Å²) in [6.45, 7) is 0. The summed E-state index contributed by atoms with van der Waals surface area (Å²) in [4.78, 5) is 21.9. The van der Waals surface area contributed by atoms with Gasteiger partial charge >= 0.3 is 0 Å². The molecular formula is C15H10Cl2N2O3. The fourth-order valence-corrected chi connectivity index (χ4v) is 2.15. The number of hydrogen-bond acceptors (Lipinski definition) is 3. The summed E-state index contributed by atoms with van der Waals surface area (Å²) in [5.74, 6) is -0.425. The molecule has 1 N–H and O–H groups in total. The minimum Gasteiger partial charge on any atom is -0.322 e. The summed E-state index contributed by atoms with van der Waals surface area (Å²) in [5, 5.41) is 14.1. The average molecular weight is 337 g/mol. The first-order chi connectivity index (χ1) is 10.5. The molecule has 112 valence electrons. The van der Waals surface area contributed by atoms with Crippen LogP contribution in [0.5, 0.6) is 0 Å². The number of nitro benzene ring substituents is 1. The molecule has 2 aromatic carbocycles. The zero-order valence-corrected chi connectivity index (χ0v) is 12.6. The predicted octanol–water partition coefficient (Wildman–Crippen LogP) is 4.55. The van der Waals surface area contributed by atoms with Crippen molar-refractivity contribution in [3.05, 3.63) is 74.3 Å². The van der Waals surface area contributed by atoms with Crippen LogP contribution in [0.4, 0.5) is 11.4 Å². The van der Waals surface area contributed by atoms with Crippen molar-refractivity contribution in [1.29, 1.82) is 0 Å². The van der Waals surface area contributed by atoms with Crippen LogP contribution in [0, 0.1) is 10.1 Å². The molecule has 0 aliphatic carbocycles. The van der Waals surface area contributed by atoms with Gasteiger partial charge in [0.15, 0.2) is 0 Å². The Labute approximate surface area is 136 Å². The van der Waals surface area contributed by atoms with Crippen molar-refractivity contribution in [3.8, 4) is 0 Å². The van der Waals surface area contributed by atoms with Crippen LogP contribution in [0.3, 0.4) is 0 Å². The molecule has 22 heavy (non-hydrogen) atoms. The molecule has 0 aliphatic heterocycles. The Bertz CT molecular complexity index is 760. The van der Waals surface area contributed by atoms with E-state index in [0.29, 0.717) is 21.3 Å². The lowest BCUT2D eigenvalue weighted by Crippen LogP contribution is -2.07. The summed E-state index contributed by atoms with van der Waals surface area (Å²) < 4.78 is 0. The first kappa shape index (κ1) is 16.0. The number of nitrogens with one attached hydrogen (secondary N) is 1. The van der Waals surface area contributed by atoms with Crippen LogP contribution in [0.2, 0.25) is 10.0 Å². The smallest absolute Gasteiger partial charge is 0.271 e. The van der Waals surface area contributed by atoms with Gasteiger partial charge in [0.05, 0.1) is 4.92 Å². The highest BCUT2D eigenvalue weighted by molar-refractivity contribution is 6.35. The molecule has 0 unspecified atom stereocenters. The van der Waals surface area contributed by atoms with Gasteiger partial charge in [-0.05, 0) is 29.8 Å². The Morgan fingerprint density at radius 3 is 2.64 bits per heavy atom. The molecular weight excluding hydrogens is 327 g/mol. The number of rotatable bonds is 4. The fraction of sp³-hybridized carbons (Fsp3) is 0. The molecule has 0 aromatic heterocycles. The number of amides is 1. The molecule has 0 bridgehead atoms. The van der Waals surface area contributed by atoms with Crippen molar-refractivity contribution in [3.63, 3.8) is 0 Å². The number of benzene rings is 2. The van der Waals surface area contributed by atoms with Crippen molar-refractivity contribution in [2.75, 3.05) is 5.32 Å². The number of carbonyl (C=O) groups excluding carboxylic acids is 1. The van der Waals surface area contributed by atoms with Gasteiger partial charge in [-0.25, -0.2) is 0 Å². The number of nitro groups is 1. The van der Waals surface area contributed by atoms with E-state index in [9.17, 15) is 14.9 Å². The molecule has 7 heteroatoms. The van der Waals surface area contributed by atoms with E-state index in [1.165, 1.54) is 30.4 Å². The molecule has 5 nitrogen and oxygen atoms in total. The molecule has 0 saturated carbocycles. The van der Waals surface area contributed by atoms with Gasteiger partial charge in [-0.15, -0.1) is 0 Å². The Hall–Kier alpha value is -2.37. The van der Waals surface area contributed by atoms with Crippen molar-refractivity contribution < 1.29 is 9.72 Å². The number of nitrogens with zero attached hydrogens (tertiary/aromatic N) is 1. The highest BCUT2D eigenvalue weighted by Crippen LogP contribution is 2.22. The van der Waals surface area contributed by atoms with Crippen LogP contribution in [-0.4, -0.2) is 10.8 Å². The summed E-state index contributed by atoms with van der Waals surface area (Å²) in [6.07, 6.45) is 2.82. The number of hydrogen-bond donors (Lipinski definition) is 1. The second-order valence-corrected chi connectivity index (χ2v) is 5.14. The Balaban J connectivity index is 2.08. The zero-order valence-electron chi connectivity index (χ0n) is 11.1. The van der Waals surface area contributed by atoms with Gasteiger partial charge in [0.2, 0.25) is 5.91 Å². The highest BCUT2D eigenvalue weighted by Gasteiger charge is 2.06. The molecule has 0 heterocycles. The molecule has 0 aliphatic rings. The van der Waals surface area contributed by atoms with Crippen LogP contribution >= 0.6 is 23.2 Å². The van der Waals surface area contributed by atoms with Gasteiger partial charge < -0.3 is 5.32 Å². The van der Waals surface area contributed by atoms with Crippen LogP contribution in [-0.2, 0) is 4.79 Å². The van der Waals surface area contributed by atoms with Gasteiger partial charge in [-0.3, -0.25) is 14.9 Å². The van der Waals surface area contributed by atoms with Gasteiger partial charge in [0.1, 0.15) is 0 Å². The Morgan fingerprint density at radius 2 is 1.95 bits per heavy atom. The van der Waals surface area contributed by atoms with Gasteiger partial charge in [-0.1, -0.05) is 35.3 Å². The minimum absolute atomic E-state index is 0.0949. The second-order valence-electron chi connectivity index (χ2n) is 4.30. The third-order valence-electron chi connectivity index (χ3n) is 2.70. The van der Waals surface area contributed by atoms with Crippen molar-refractivity contribution in [2.24, 2.45) is 0 Å². The molecule has 2 rings (SSSR count). The van der Waals surface area contributed by atoms with Gasteiger partial charge in [0, 0.05) is 33.9 Å². The summed E-state index contributed by atoms with van der Waals surface area (Å²) in [7, 11) is 0. The quantitative estimate of drug-likeness (QED) is 0.505. The topological polar surface area (TPSA) is 72.2 Å². The molecule has 0 atom stereocenters. The lowest BCUT2D eigenvalue weighted by Gasteiger charge is -2.02. The van der Waals surface area contributed by atoms with E-state index in [-0.39, 0.29) is 5.69 Å². The third-order valence-corrected chi connectivity index (χ3v) is 3.26. The summed E-state index contributed by atoms with van der Waals surface area (Å²) in [6, 6.07) is 10.6. The first-order valence-electron chi connectivity index (χ1n) is 6.14.